The summed E-state index contributed by atoms with van der Waals surface area (Å²) < 4.78 is 15.2. The molecule has 10 nitrogen and oxygen atoms in total. The molecule has 0 radical (unpaired) electrons. The fourth-order valence-corrected chi connectivity index (χ4v) is 5.27. The lowest BCUT2D eigenvalue weighted by molar-refractivity contribution is -0.130. The van der Waals surface area contributed by atoms with Crippen LogP contribution in [0.3, 0.4) is 0 Å². The van der Waals surface area contributed by atoms with E-state index >= 15 is 0 Å². The summed E-state index contributed by atoms with van der Waals surface area (Å²) in [5.41, 5.74) is 0. The van der Waals surface area contributed by atoms with Crippen LogP contribution in [0.1, 0.15) is 162 Å². The highest BCUT2D eigenvalue weighted by Gasteiger charge is 2.22. The molecule has 0 aliphatic carbocycles. The highest BCUT2D eigenvalue weighted by molar-refractivity contribution is 7.46. The summed E-state index contributed by atoms with van der Waals surface area (Å²) >= 11 is 0. The van der Waals surface area contributed by atoms with Crippen molar-refractivity contribution >= 4 is 25.5 Å². The number of hydrogen-bond donors (Lipinski definition) is 5. The van der Waals surface area contributed by atoms with E-state index in [1.165, 1.54) is 96.3 Å². The van der Waals surface area contributed by atoms with Crippen molar-refractivity contribution in [3.8, 4) is 0 Å². The summed E-state index contributed by atoms with van der Waals surface area (Å²) in [6.45, 7) is 5.06. The minimum atomic E-state index is -4.68. The van der Waals surface area contributed by atoms with Crippen molar-refractivity contribution in [1.29, 1.82) is 0 Å². The molecule has 0 aromatic carbocycles. The van der Waals surface area contributed by atoms with Gasteiger partial charge in [0.15, 0.2) is 0 Å². The first-order valence-corrected chi connectivity index (χ1v) is 18.8. The molecule has 1 atom stereocenters. The number of carbonyl (C=O) groups excluding carboxylic acids is 3. The molecule has 43 heavy (non-hydrogen) atoms. The van der Waals surface area contributed by atoms with Gasteiger partial charge in [0.05, 0.1) is 13.0 Å². The van der Waals surface area contributed by atoms with Crippen LogP contribution in [0.2, 0.25) is 0 Å². The van der Waals surface area contributed by atoms with Crippen LogP contribution in [-0.2, 0) is 23.5 Å². The van der Waals surface area contributed by atoms with Crippen molar-refractivity contribution in [3.05, 3.63) is 0 Å². The van der Waals surface area contributed by atoms with Crippen LogP contribution in [-0.4, -0.2) is 53.2 Å². The number of phosphoric ester groups is 1. The molecule has 0 spiro atoms. The highest BCUT2D eigenvalue weighted by atomic mass is 31.2. The van der Waals surface area contributed by atoms with Gasteiger partial charge >= 0.3 is 7.82 Å². The van der Waals surface area contributed by atoms with Gasteiger partial charge in [0.25, 0.3) is 0 Å². The van der Waals surface area contributed by atoms with Crippen molar-refractivity contribution in [2.75, 3.05) is 19.7 Å². The van der Waals surface area contributed by atoms with Gasteiger partial charge in [-0.05, 0) is 19.3 Å². The Hall–Kier alpha value is -1.48. The van der Waals surface area contributed by atoms with Crippen LogP contribution in [0.5, 0.6) is 0 Å². The summed E-state index contributed by atoms with van der Waals surface area (Å²) in [6.07, 6.45) is 24.1. The first-order valence-electron chi connectivity index (χ1n) is 17.2. The lowest BCUT2D eigenvalue weighted by atomic mass is 10.1. The second kappa shape index (κ2) is 29.2. The van der Waals surface area contributed by atoms with Gasteiger partial charge in [-0.25, -0.2) is 4.57 Å². The Morgan fingerprint density at radius 2 is 1.02 bits per heavy atom. The van der Waals surface area contributed by atoms with Crippen molar-refractivity contribution in [2.45, 2.75) is 168 Å². The lowest BCUT2D eigenvalue weighted by Gasteiger charge is -2.18. The Balaban J connectivity index is 4.32. The van der Waals surface area contributed by atoms with Gasteiger partial charge < -0.3 is 25.7 Å². The predicted molar refractivity (Wildman–Crippen MR) is 173 cm³/mol. The number of rotatable bonds is 31. The normalized spacial score (nSPS) is 12.2. The van der Waals surface area contributed by atoms with Gasteiger partial charge in [0.1, 0.15) is 6.04 Å². The van der Waals surface area contributed by atoms with E-state index in [1.54, 1.807) is 0 Å². The molecular weight excluding hydrogens is 569 g/mol. The number of phosphoric acid groups is 1. The zero-order chi connectivity index (χ0) is 32.0. The molecule has 0 fully saturated rings. The molecule has 0 heterocycles. The zero-order valence-electron chi connectivity index (χ0n) is 27.3. The summed E-state index contributed by atoms with van der Waals surface area (Å²) in [6, 6.07) is -0.909. The molecule has 0 saturated heterocycles. The maximum absolute atomic E-state index is 12.8. The standard InChI is InChI=1S/C32H64N3O7P/c1-3-5-7-9-11-13-15-17-19-21-26-33-30(36)24-23-29(35-31(37)25-28-42-43(39,40)41)32(38)34-27-22-20-18-16-14-12-10-8-6-4-2/h29H,3-28H2,1-2H3,(H,33,36)(H,34,38)(H,35,37)(H2,39,40,41)/t29-/m0/s1. The van der Waals surface area contributed by atoms with E-state index < -0.39 is 26.4 Å². The first-order chi connectivity index (χ1) is 20.7. The maximum atomic E-state index is 12.8. The molecule has 0 saturated carbocycles. The van der Waals surface area contributed by atoms with Crippen LogP contribution < -0.4 is 16.0 Å². The largest absolute Gasteiger partial charge is 0.469 e. The van der Waals surface area contributed by atoms with Crippen LogP contribution >= 0.6 is 7.82 Å². The average Bonchev–Trinajstić information content (AvgIpc) is 2.96. The van der Waals surface area contributed by atoms with E-state index in [4.69, 9.17) is 9.79 Å². The Labute approximate surface area is 261 Å². The second-order valence-corrected chi connectivity index (χ2v) is 13.0. The Morgan fingerprint density at radius 3 is 1.47 bits per heavy atom. The SMILES string of the molecule is CCCCCCCCCCCCNC(=O)CC[C@H](NC(=O)CCOP(=O)(O)O)C(=O)NCCCCCCCCCCCC. The Bertz CT molecular complexity index is 748. The summed E-state index contributed by atoms with van der Waals surface area (Å²) in [5.74, 6) is -1.09. The molecule has 0 aromatic heterocycles. The summed E-state index contributed by atoms with van der Waals surface area (Å²) in [7, 11) is -4.68. The molecule has 0 bridgehead atoms. The molecule has 5 N–H and O–H groups in total. The van der Waals surface area contributed by atoms with Crippen molar-refractivity contribution in [1.82, 2.24) is 16.0 Å². The van der Waals surface area contributed by atoms with Crippen LogP contribution in [0.15, 0.2) is 0 Å². The van der Waals surface area contributed by atoms with Crippen molar-refractivity contribution in [3.63, 3.8) is 0 Å². The number of carbonyl (C=O) groups is 3. The van der Waals surface area contributed by atoms with Crippen molar-refractivity contribution in [2.24, 2.45) is 0 Å². The molecular formula is C32H64N3O7P. The van der Waals surface area contributed by atoms with E-state index in [1.807, 2.05) is 0 Å². The summed E-state index contributed by atoms with van der Waals surface area (Å²) in [5, 5.41) is 8.37. The molecule has 0 unspecified atom stereocenters. The van der Waals surface area contributed by atoms with E-state index in [9.17, 15) is 18.9 Å². The molecule has 0 rings (SSSR count). The lowest BCUT2D eigenvalue weighted by Crippen LogP contribution is -2.47. The Morgan fingerprint density at radius 1 is 0.605 bits per heavy atom. The quantitative estimate of drug-likeness (QED) is 0.0414. The van der Waals surface area contributed by atoms with Gasteiger partial charge in [-0.15, -0.1) is 0 Å². The predicted octanol–water partition coefficient (Wildman–Crippen LogP) is 6.83. The summed E-state index contributed by atoms with van der Waals surface area (Å²) in [4.78, 5) is 55.1. The Kier molecular flexibility index (Phi) is 28.2. The molecule has 254 valence electrons. The van der Waals surface area contributed by atoms with Gasteiger partial charge in [-0.3, -0.25) is 18.9 Å². The van der Waals surface area contributed by atoms with Gasteiger partial charge in [0.2, 0.25) is 17.7 Å². The molecule has 0 aliphatic rings. The third-order valence-electron chi connectivity index (χ3n) is 7.58. The third-order valence-corrected chi connectivity index (χ3v) is 8.10. The minimum Gasteiger partial charge on any atom is -0.356 e. The van der Waals surface area contributed by atoms with E-state index in [-0.39, 0.29) is 31.1 Å². The molecule has 3 amide bonds. The van der Waals surface area contributed by atoms with Crippen LogP contribution in [0.4, 0.5) is 0 Å². The monoisotopic (exact) mass is 633 g/mol. The molecule has 0 aromatic rings. The fraction of sp³-hybridized carbons (Fsp3) is 0.906. The smallest absolute Gasteiger partial charge is 0.356 e. The van der Waals surface area contributed by atoms with E-state index in [0.29, 0.717) is 13.1 Å². The van der Waals surface area contributed by atoms with Crippen LogP contribution in [0, 0.1) is 0 Å². The first kappa shape index (κ1) is 41.5. The molecule has 0 aliphatic heterocycles. The van der Waals surface area contributed by atoms with Crippen LogP contribution in [0.25, 0.3) is 0 Å². The van der Waals surface area contributed by atoms with Gasteiger partial charge in [0, 0.05) is 19.5 Å². The maximum Gasteiger partial charge on any atom is 0.469 e. The fourth-order valence-electron chi connectivity index (χ4n) is 4.94. The minimum absolute atomic E-state index is 0.0906. The van der Waals surface area contributed by atoms with E-state index in [2.05, 4.69) is 34.3 Å². The average molecular weight is 634 g/mol. The van der Waals surface area contributed by atoms with Crippen molar-refractivity contribution < 1.29 is 33.3 Å². The number of unbranched alkanes of at least 4 members (excludes halogenated alkanes) is 18. The van der Waals surface area contributed by atoms with Gasteiger partial charge in [-0.1, -0.05) is 129 Å². The molecule has 11 heteroatoms. The zero-order valence-corrected chi connectivity index (χ0v) is 28.2. The number of hydrogen-bond acceptors (Lipinski definition) is 5. The van der Waals surface area contributed by atoms with Gasteiger partial charge in [-0.2, -0.15) is 0 Å². The number of amides is 3. The topological polar surface area (TPSA) is 154 Å². The van der Waals surface area contributed by atoms with E-state index in [0.717, 1.165) is 32.1 Å². The second-order valence-electron chi connectivity index (χ2n) is 11.7. The number of nitrogens with one attached hydrogen (secondary N) is 3. The highest BCUT2D eigenvalue weighted by Crippen LogP contribution is 2.35. The third kappa shape index (κ3) is 30.3.